The van der Waals surface area contributed by atoms with Crippen LogP contribution < -0.4 is 0 Å². The van der Waals surface area contributed by atoms with Gasteiger partial charge in [-0.2, -0.15) is 5.26 Å². The minimum absolute atomic E-state index is 0.116. The van der Waals surface area contributed by atoms with E-state index in [1.807, 2.05) is 61.5 Å². The molecule has 4 nitrogen and oxygen atoms in total. The van der Waals surface area contributed by atoms with E-state index in [0.717, 1.165) is 49.9 Å². The predicted molar refractivity (Wildman–Crippen MR) is 126 cm³/mol. The van der Waals surface area contributed by atoms with Gasteiger partial charge in [0, 0.05) is 23.8 Å². The number of hydrogen-bond donors (Lipinski definition) is 0. The van der Waals surface area contributed by atoms with Crippen LogP contribution in [0.4, 0.5) is 0 Å². The second-order valence-corrected chi connectivity index (χ2v) is 9.19. The van der Waals surface area contributed by atoms with Crippen LogP contribution in [0.25, 0.3) is 0 Å². The Bertz CT molecular complexity index is 1020. The normalized spacial score (nSPS) is 22.5. The van der Waals surface area contributed by atoms with Gasteiger partial charge in [0.1, 0.15) is 0 Å². The van der Waals surface area contributed by atoms with Gasteiger partial charge in [0.05, 0.1) is 23.5 Å². The van der Waals surface area contributed by atoms with Gasteiger partial charge in [-0.1, -0.05) is 60.1 Å². The van der Waals surface area contributed by atoms with Crippen molar-refractivity contribution in [3.63, 3.8) is 0 Å². The Morgan fingerprint density at radius 2 is 1.75 bits per heavy atom. The lowest BCUT2D eigenvalue weighted by atomic mass is 9.70. The van der Waals surface area contributed by atoms with Gasteiger partial charge in [-0.15, -0.1) is 0 Å². The maximum Gasteiger partial charge on any atom is 0.316 e. The molecule has 1 fully saturated rings. The van der Waals surface area contributed by atoms with Crippen LogP contribution in [0.1, 0.15) is 50.2 Å². The molecule has 1 atom stereocenters. The second kappa shape index (κ2) is 9.38. The van der Waals surface area contributed by atoms with Crippen molar-refractivity contribution in [1.29, 1.82) is 5.26 Å². The van der Waals surface area contributed by atoms with E-state index in [1.54, 1.807) is 0 Å². The van der Waals surface area contributed by atoms with Crippen LogP contribution in [0.2, 0.25) is 5.02 Å². The fraction of sp³-hybridized carbons (Fsp3) is 0.407. The molecule has 0 aromatic heterocycles. The second-order valence-electron chi connectivity index (χ2n) is 8.76. The van der Waals surface area contributed by atoms with Crippen molar-refractivity contribution in [2.24, 2.45) is 0 Å². The average molecular weight is 449 g/mol. The molecule has 0 spiro atoms. The Morgan fingerprint density at radius 1 is 1.06 bits per heavy atom. The molecule has 5 heteroatoms. The fourth-order valence-electron chi connectivity index (χ4n) is 5.13. The summed E-state index contributed by atoms with van der Waals surface area (Å²) in [5.74, 6) is -0.116. The molecular weight excluding hydrogens is 420 g/mol. The van der Waals surface area contributed by atoms with Crippen LogP contribution in [0.15, 0.2) is 66.4 Å². The van der Waals surface area contributed by atoms with Gasteiger partial charge in [-0.05, 0) is 62.3 Å². The van der Waals surface area contributed by atoms with Crippen LogP contribution >= 0.6 is 11.6 Å². The first kappa shape index (κ1) is 22.4. The minimum atomic E-state index is -0.581. The van der Waals surface area contributed by atoms with Gasteiger partial charge in [0.25, 0.3) is 0 Å². The number of piperidine rings is 1. The quantitative estimate of drug-likeness (QED) is 0.545. The highest BCUT2D eigenvalue weighted by molar-refractivity contribution is 6.30. The summed E-state index contributed by atoms with van der Waals surface area (Å²) in [4.78, 5) is 15.4. The molecule has 0 N–H and O–H groups in total. The molecule has 1 aliphatic carbocycles. The van der Waals surface area contributed by atoms with Crippen molar-refractivity contribution < 1.29 is 9.53 Å². The van der Waals surface area contributed by atoms with Gasteiger partial charge in [-0.3, -0.25) is 4.79 Å². The van der Waals surface area contributed by atoms with E-state index in [9.17, 15) is 10.1 Å². The predicted octanol–water partition coefficient (Wildman–Crippen LogP) is 5.77. The molecule has 0 bridgehead atoms. The van der Waals surface area contributed by atoms with Crippen LogP contribution in [0.3, 0.4) is 0 Å². The molecule has 2 aliphatic rings. The van der Waals surface area contributed by atoms with Crippen molar-refractivity contribution in [1.82, 2.24) is 4.90 Å². The molecule has 0 amide bonds. The number of rotatable bonds is 5. The van der Waals surface area contributed by atoms with Crippen molar-refractivity contribution in [3.8, 4) is 6.07 Å². The first-order chi connectivity index (χ1) is 15.5. The maximum atomic E-state index is 13.0. The number of nitriles is 1. The molecule has 1 unspecified atom stereocenters. The first-order valence-corrected chi connectivity index (χ1v) is 11.7. The zero-order chi connectivity index (χ0) is 22.6. The first-order valence-electron chi connectivity index (χ1n) is 11.4. The zero-order valence-electron chi connectivity index (χ0n) is 18.5. The van der Waals surface area contributed by atoms with E-state index in [2.05, 4.69) is 17.0 Å². The molecule has 2 aromatic rings. The van der Waals surface area contributed by atoms with Crippen LogP contribution in [-0.4, -0.2) is 30.6 Å². The average Bonchev–Trinajstić information content (AvgIpc) is 2.85. The number of carbonyl (C=O) groups excluding carboxylic acids is 1. The molecule has 1 heterocycles. The Balaban J connectivity index is 1.50. The lowest BCUT2D eigenvalue weighted by Crippen LogP contribution is -2.48. The Morgan fingerprint density at radius 3 is 2.31 bits per heavy atom. The van der Waals surface area contributed by atoms with E-state index in [4.69, 9.17) is 16.3 Å². The SMILES string of the molecule is CCOC(=O)C1(c2ccccc2)CCN(C2=CCC(C#N)(c3ccc(Cl)cc3)CC2)CC1. The summed E-state index contributed by atoms with van der Waals surface area (Å²) in [5.41, 5.74) is 2.28. The number of nitrogens with zero attached hydrogens (tertiary/aromatic N) is 2. The van der Waals surface area contributed by atoms with Gasteiger partial charge in [0.2, 0.25) is 0 Å². The van der Waals surface area contributed by atoms with Crippen molar-refractivity contribution in [2.45, 2.75) is 49.9 Å². The van der Waals surface area contributed by atoms with Crippen molar-refractivity contribution >= 4 is 17.6 Å². The molecule has 166 valence electrons. The number of ether oxygens (including phenoxy) is 1. The zero-order valence-corrected chi connectivity index (χ0v) is 19.3. The third-order valence-corrected chi connectivity index (χ3v) is 7.37. The van der Waals surface area contributed by atoms with E-state index in [-0.39, 0.29) is 5.97 Å². The number of benzene rings is 2. The van der Waals surface area contributed by atoms with E-state index in [0.29, 0.717) is 18.1 Å². The third-order valence-electron chi connectivity index (χ3n) is 7.12. The van der Waals surface area contributed by atoms with E-state index in [1.165, 1.54) is 5.70 Å². The maximum absolute atomic E-state index is 13.0. The smallest absolute Gasteiger partial charge is 0.316 e. The minimum Gasteiger partial charge on any atom is -0.465 e. The summed E-state index contributed by atoms with van der Waals surface area (Å²) in [7, 11) is 0. The fourth-order valence-corrected chi connectivity index (χ4v) is 5.26. The summed E-state index contributed by atoms with van der Waals surface area (Å²) >= 11 is 6.04. The van der Waals surface area contributed by atoms with Gasteiger partial charge >= 0.3 is 5.97 Å². The summed E-state index contributed by atoms with van der Waals surface area (Å²) < 4.78 is 5.50. The highest BCUT2D eigenvalue weighted by atomic mass is 35.5. The lowest BCUT2D eigenvalue weighted by molar-refractivity contribution is -0.152. The lowest BCUT2D eigenvalue weighted by Gasteiger charge is -2.43. The molecule has 2 aromatic carbocycles. The van der Waals surface area contributed by atoms with Gasteiger partial charge in [0.15, 0.2) is 0 Å². The number of likely N-dealkylation sites (tertiary alicyclic amines) is 1. The molecule has 4 rings (SSSR count). The highest BCUT2D eigenvalue weighted by Crippen LogP contribution is 2.42. The Kier molecular flexibility index (Phi) is 6.58. The molecule has 0 radical (unpaired) electrons. The number of esters is 1. The summed E-state index contributed by atoms with van der Waals surface area (Å²) in [6.45, 7) is 3.87. The largest absolute Gasteiger partial charge is 0.465 e. The third kappa shape index (κ3) is 4.14. The molecule has 1 saturated heterocycles. The van der Waals surface area contributed by atoms with Crippen molar-refractivity contribution in [3.05, 3.63) is 82.5 Å². The number of halogens is 1. The standard InChI is InChI=1S/C27H29ClN2O2/c1-2-32-25(31)27(22-6-4-3-5-7-22)16-18-30(19-17-27)24-12-14-26(20-29,15-13-24)21-8-10-23(28)11-9-21/h3-12H,2,13-19H2,1H3. The van der Waals surface area contributed by atoms with Crippen LogP contribution in [0, 0.1) is 11.3 Å². The highest BCUT2D eigenvalue weighted by Gasteiger charge is 2.45. The van der Waals surface area contributed by atoms with Crippen LogP contribution in [0.5, 0.6) is 0 Å². The van der Waals surface area contributed by atoms with Crippen LogP contribution in [-0.2, 0) is 20.4 Å². The van der Waals surface area contributed by atoms with Crippen molar-refractivity contribution in [2.75, 3.05) is 19.7 Å². The number of carbonyl (C=O) groups is 1. The molecular formula is C27H29ClN2O2. The van der Waals surface area contributed by atoms with E-state index < -0.39 is 10.8 Å². The Labute approximate surface area is 195 Å². The summed E-state index contributed by atoms with van der Waals surface area (Å²) in [6.07, 6.45) is 6.02. The van der Waals surface area contributed by atoms with E-state index >= 15 is 0 Å². The molecule has 0 saturated carbocycles. The number of allylic oxidation sites excluding steroid dienone is 2. The molecule has 1 aliphatic heterocycles. The topological polar surface area (TPSA) is 53.3 Å². The number of hydrogen-bond acceptors (Lipinski definition) is 4. The Hall–Kier alpha value is -2.77. The monoisotopic (exact) mass is 448 g/mol. The summed E-state index contributed by atoms with van der Waals surface area (Å²) in [6, 6.07) is 20.3. The molecule has 32 heavy (non-hydrogen) atoms. The summed E-state index contributed by atoms with van der Waals surface area (Å²) in [5, 5.41) is 10.7. The van der Waals surface area contributed by atoms with Gasteiger partial charge in [-0.25, -0.2) is 0 Å². The van der Waals surface area contributed by atoms with Gasteiger partial charge < -0.3 is 9.64 Å².